The molecule has 11 heteroatoms. The Hall–Kier alpha value is -1.37. The summed E-state index contributed by atoms with van der Waals surface area (Å²) in [5, 5.41) is 51.7. The number of ketones is 4. The molecule has 0 spiro atoms. The second-order valence-electron chi connectivity index (χ2n) is 5.65. The third-order valence-electron chi connectivity index (χ3n) is 4.27. The summed E-state index contributed by atoms with van der Waals surface area (Å²) in [7, 11) is 0. The third-order valence-corrected chi connectivity index (χ3v) is 4.84. The Morgan fingerprint density at radius 3 is 1.24 bits per heavy atom. The Labute approximate surface area is 150 Å². The molecule has 0 unspecified atom stereocenters. The van der Waals surface area contributed by atoms with Gasteiger partial charge < -0.3 is 25.5 Å². The van der Waals surface area contributed by atoms with E-state index < -0.39 is 56.8 Å². The minimum atomic E-state index is -4.01. The van der Waals surface area contributed by atoms with Crippen molar-refractivity contribution in [3.05, 3.63) is 0 Å². The molecule has 4 atom stereocenters. The number of aliphatic hydroxyl groups excluding tert-OH is 1. The highest BCUT2D eigenvalue weighted by Gasteiger charge is 2.78. The highest BCUT2D eigenvalue weighted by atomic mass is 79.9. The first-order chi connectivity index (χ1) is 11.0. The van der Waals surface area contributed by atoms with Crippen LogP contribution in [0.1, 0.15) is 27.7 Å². The fourth-order valence-electron chi connectivity index (χ4n) is 2.63. The van der Waals surface area contributed by atoms with E-state index in [-0.39, 0.29) is 0 Å². The van der Waals surface area contributed by atoms with Gasteiger partial charge in [-0.2, -0.15) is 0 Å². The van der Waals surface area contributed by atoms with Crippen LogP contribution in [0.2, 0.25) is 0 Å². The summed E-state index contributed by atoms with van der Waals surface area (Å²) in [6.07, 6.45) is 0. The average Bonchev–Trinajstić information content (AvgIpc) is 2.49. The van der Waals surface area contributed by atoms with Crippen molar-refractivity contribution in [2.45, 2.75) is 50.1 Å². The van der Waals surface area contributed by atoms with Crippen molar-refractivity contribution in [3.63, 3.8) is 0 Å². The third kappa shape index (κ3) is 2.80. The summed E-state index contributed by atoms with van der Waals surface area (Å²) in [4.78, 5) is 59.6. The molecule has 5 N–H and O–H groups in total. The molecule has 0 radical (unpaired) electrons. The molecule has 25 heavy (non-hydrogen) atoms. The average molecular weight is 427 g/mol. The number of hydrogen-bond donors (Lipinski definition) is 5. The van der Waals surface area contributed by atoms with E-state index in [1.54, 1.807) is 0 Å². The molecule has 0 amide bonds. The van der Waals surface area contributed by atoms with Crippen LogP contribution in [0.15, 0.2) is 0 Å². The van der Waals surface area contributed by atoms with E-state index in [2.05, 4.69) is 15.9 Å². The zero-order valence-corrected chi connectivity index (χ0v) is 15.4. The van der Waals surface area contributed by atoms with Gasteiger partial charge in [0.1, 0.15) is 0 Å². The van der Waals surface area contributed by atoms with Crippen LogP contribution in [0.25, 0.3) is 0 Å². The van der Waals surface area contributed by atoms with Crippen LogP contribution in [0.3, 0.4) is 0 Å². The van der Waals surface area contributed by atoms with Gasteiger partial charge in [-0.1, -0.05) is 0 Å². The topological polar surface area (TPSA) is 186 Å². The summed E-state index contributed by atoms with van der Waals surface area (Å²) in [5.74, 6) is -6.45. The predicted octanol–water partition coefficient (Wildman–Crippen LogP) is -2.82. The lowest BCUT2D eigenvalue weighted by Gasteiger charge is -2.51. The van der Waals surface area contributed by atoms with Gasteiger partial charge in [0.2, 0.25) is 21.5 Å². The first kappa shape index (κ1) is 23.6. The molecular formula is C14H19BrO10. The molecule has 0 aromatic rings. The molecule has 0 aliphatic rings. The molecule has 0 saturated carbocycles. The lowest BCUT2D eigenvalue weighted by atomic mass is 9.58. The molecule has 0 rings (SSSR count). The Bertz CT molecular complexity index is 630. The molecule has 0 aliphatic carbocycles. The lowest BCUT2D eigenvalue weighted by Crippen LogP contribution is -2.85. The second-order valence-corrected chi connectivity index (χ2v) is 6.37. The van der Waals surface area contributed by atoms with Gasteiger partial charge in [-0.25, -0.2) is 0 Å². The number of hydrogen-bond acceptors (Lipinski definition) is 10. The quantitative estimate of drug-likeness (QED) is 0.190. The van der Waals surface area contributed by atoms with Crippen LogP contribution < -0.4 is 0 Å². The first-order valence-corrected chi connectivity index (χ1v) is 7.57. The number of rotatable bonds is 9. The van der Waals surface area contributed by atoms with Crippen molar-refractivity contribution in [3.8, 4) is 0 Å². The maximum atomic E-state index is 12.1. The van der Waals surface area contributed by atoms with Gasteiger partial charge in [0.15, 0.2) is 28.7 Å². The Morgan fingerprint density at radius 1 is 0.720 bits per heavy atom. The minimum Gasteiger partial charge on any atom is -0.393 e. The van der Waals surface area contributed by atoms with E-state index in [0.29, 0.717) is 27.7 Å². The smallest absolute Gasteiger partial charge is 0.240 e. The van der Waals surface area contributed by atoms with Crippen molar-refractivity contribution in [1.29, 1.82) is 0 Å². The summed E-state index contributed by atoms with van der Waals surface area (Å²) in [6, 6.07) is 0. The van der Waals surface area contributed by atoms with Crippen LogP contribution >= 0.6 is 15.9 Å². The highest BCUT2D eigenvalue weighted by Crippen LogP contribution is 2.44. The van der Waals surface area contributed by atoms with Crippen molar-refractivity contribution >= 4 is 43.8 Å². The summed E-state index contributed by atoms with van der Waals surface area (Å²) in [5.41, 5.74) is -15.2. The van der Waals surface area contributed by atoms with E-state index in [0.717, 1.165) is 0 Å². The number of carbonyl (C=O) groups is 5. The fraction of sp³-hybridized carbons (Fsp3) is 0.643. The largest absolute Gasteiger partial charge is 0.393 e. The normalized spacial score (nSPS) is 21.0. The van der Waals surface area contributed by atoms with Gasteiger partial charge in [-0.05, 0) is 43.6 Å². The molecule has 0 aliphatic heterocycles. The van der Waals surface area contributed by atoms with Crippen molar-refractivity contribution in [2.24, 2.45) is 0 Å². The molecule has 0 heterocycles. The van der Waals surface area contributed by atoms with Gasteiger partial charge in [-0.3, -0.25) is 24.0 Å². The molecule has 10 nitrogen and oxygen atoms in total. The molecule has 0 saturated heterocycles. The van der Waals surface area contributed by atoms with Crippen LogP contribution in [0.4, 0.5) is 0 Å². The minimum absolute atomic E-state index is 0.496. The SMILES string of the molecule is CC(=O)[C@](O)(C(=O)Br)[C@](O)(C(C)=O)[C@@](O)(C(C)=O)[C@](O)(CO)C(C)=O. The van der Waals surface area contributed by atoms with Crippen LogP contribution in [-0.4, -0.2) is 82.4 Å². The predicted molar refractivity (Wildman–Crippen MR) is 83.5 cm³/mol. The zero-order valence-electron chi connectivity index (χ0n) is 13.9. The van der Waals surface area contributed by atoms with E-state index in [1.165, 1.54) is 0 Å². The van der Waals surface area contributed by atoms with Crippen LogP contribution in [-0.2, 0) is 24.0 Å². The van der Waals surface area contributed by atoms with Crippen molar-refractivity contribution in [1.82, 2.24) is 0 Å². The van der Waals surface area contributed by atoms with Gasteiger partial charge in [-0.15, -0.1) is 0 Å². The number of halogens is 1. The molecular weight excluding hydrogens is 408 g/mol. The van der Waals surface area contributed by atoms with E-state index in [9.17, 15) is 49.5 Å². The maximum Gasteiger partial charge on any atom is 0.240 e. The molecule has 142 valence electrons. The monoisotopic (exact) mass is 426 g/mol. The van der Waals surface area contributed by atoms with Gasteiger partial charge in [0.25, 0.3) is 0 Å². The first-order valence-electron chi connectivity index (χ1n) is 6.77. The lowest BCUT2D eigenvalue weighted by molar-refractivity contribution is -0.263. The molecule has 0 bridgehead atoms. The van der Waals surface area contributed by atoms with E-state index in [1.807, 2.05) is 0 Å². The van der Waals surface area contributed by atoms with Crippen molar-refractivity contribution in [2.75, 3.05) is 6.61 Å². The second kappa shape index (κ2) is 7.09. The van der Waals surface area contributed by atoms with Crippen LogP contribution in [0.5, 0.6) is 0 Å². The molecule has 0 aromatic carbocycles. The number of carbonyl (C=O) groups excluding carboxylic acids is 5. The summed E-state index contributed by atoms with van der Waals surface area (Å²) >= 11 is 2.20. The zero-order chi connectivity index (χ0) is 20.6. The number of Topliss-reactive ketones (excluding diaryl/α,β-unsaturated/α-hetero) is 4. The van der Waals surface area contributed by atoms with E-state index >= 15 is 0 Å². The Balaban J connectivity index is 7.44. The standard InChI is InChI=1S/C14H19BrO10/c1-6(17)11(22,5-16)13(24,8(3)19)14(25,9(4)20)12(23,7(2)18)10(15)21/h16,22-25H,5H2,1-4H3/t11-,12-,13+,14+/m0/s1. The van der Waals surface area contributed by atoms with Gasteiger partial charge in [0, 0.05) is 0 Å². The Morgan fingerprint density at radius 2 is 1.08 bits per heavy atom. The van der Waals surface area contributed by atoms with Gasteiger partial charge in [0.05, 0.1) is 6.61 Å². The van der Waals surface area contributed by atoms with Crippen molar-refractivity contribution < 1.29 is 49.5 Å². The molecule has 0 aromatic heterocycles. The Kier molecular flexibility index (Phi) is 6.71. The summed E-state index contributed by atoms with van der Waals surface area (Å²) in [6.45, 7) is 0.484. The highest BCUT2D eigenvalue weighted by molar-refractivity contribution is 9.18. The van der Waals surface area contributed by atoms with Crippen LogP contribution in [0, 0.1) is 0 Å². The van der Waals surface area contributed by atoms with E-state index in [4.69, 9.17) is 0 Å². The maximum absolute atomic E-state index is 12.1. The number of aliphatic hydroxyl groups is 5. The summed E-state index contributed by atoms with van der Waals surface area (Å²) < 4.78 is -1.73. The molecule has 0 fully saturated rings. The fourth-order valence-corrected chi connectivity index (χ4v) is 3.20. The van der Waals surface area contributed by atoms with Gasteiger partial charge >= 0.3 is 0 Å².